The van der Waals surface area contributed by atoms with Crippen LogP contribution in [0.5, 0.6) is 0 Å². The zero-order valence-electron chi connectivity index (χ0n) is 38.3. The summed E-state index contributed by atoms with van der Waals surface area (Å²) in [7, 11) is 0. The predicted octanol–water partition coefficient (Wildman–Crippen LogP) is 16.3. The first-order chi connectivity index (χ1) is 27.5. The highest BCUT2D eigenvalue weighted by Gasteiger charge is 1.99. The van der Waals surface area contributed by atoms with Gasteiger partial charge in [0.15, 0.2) is 0 Å². The van der Waals surface area contributed by atoms with Crippen LogP contribution in [0.15, 0.2) is 0 Å². The molecule has 0 aromatic rings. The maximum absolute atomic E-state index is 10.4. The van der Waals surface area contributed by atoms with E-state index in [1.54, 1.807) is 0 Å². The summed E-state index contributed by atoms with van der Waals surface area (Å²) in [6.07, 6.45) is 58.1. The molecule has 0 radical (unpaired) electrons. The second-order valence-electron chi connectivity index (χ2n) is 16.9. The number of aliphatic hydroxyl groups is 1. The normalized spacial score (nSPS) is 10.9. The molecule has 0 aliphatic rings. The fraction of sp³-hybridized carbons (Fsp3) is 0.960. The van der Waals surface area contributed by atoms with Gasteiger partial charge in [0.05, 0.1) is 6.61 Å². The van der Waals surface area contributed by atoms with Crippen LogP contribution in [0.2, 0.25) is 0 Å². The lowest BCUT2D eigenvalue weighted by atomic mass is 10.0. The number of carboxylic acid groups (broad SMARTS) is 2. The maximum atomic E-state index is 10.4. The van der Waals surface area contributed by atoms with Gasteiger partial charge in [0.2, 0.25) is 0 Å². The highest BCUT2D eigenvalue weighted by molar-refractivity contribution is 5.66. The van der Waals surface area contributed by atoms with E-state index >= 15 is 0 Å². The first kappa shape index (κ1) is 59.2. The lowest BCUT2D eigenvalue weighted by molar-refractivity contribution is -0.138. The van der Waals surface area contributed by atoms with Crippen LogP contribution in [0, 0.1) is 0 Å². The lowest BCUT2D eigenvalue weighted by Gasteiger charge is -2.04. The maximum Gasteiger partial charge on any atom is 0.303 e. The highest BCUT2D eigenvalue weighted by atomic mass is 16.4. The summed E-state index contributed by atoms with van der Waals surface area (Å²) in [6.45, 7) is 5.05. The third-order valence-corrected chi connectivity index (χ3v) is 11.1. The van der Waals surface area contributed by atoms with Gasteiger partial charge in [-0.2, -0.15) is 0 Å². The van der Waals surface area contributed by atoms with Crippen LogP contribution < -0.4 is 5.73 Å². The van der Waals surface area contributed by atoms with Crippen LogP contribution in [0.4, 0.5) is 0 Å². The zero-order valence-corrected chi connectivity index (χ0v) is 38.3. The molecule has 0 aliphatic heterocycles. The average molecular weight is 798 g/mol. The Bertz CT molecular complexity index is 645. The molecule has 0 bridgehead atoms. The van der Waals surface area contributed by atoms with Gasteiger partial charge in [0.1, 0.15) is 0 Å². The minimum absolute atomic E-state index is 0.0972. The largest absolute Gasteiger partial charge is 0.481 e. The topological polar surface area (TPSA) is 121 Å². The third kappa shape index (κ3) is 67.6. The van der Waals surface area contributed by atoms with E-state index in [1.807, 2.05) is 0 Å². The summed E-state index contributed by atoms with van der Waals surface area (Å²) in [4.78, 5) is 20.8. The smallest absolute Gasteiger partial charge is 0.303 e. The van der Waals surface area contributed by atoms with E-state index in [2.05, 4.69) is 13.8 Å². The van der Waals surface area contributed by atoms with Gasteiger partial charge in [0.25, 0.3) is 0 Å². The first-order valence-electron chi connectivity index (χ1n) is 25.2. The SMILES string of the molecule is CCCCCCCCCCCCCCCCCCCCCCCC(=O)O.CCCCCCCCCCCCCCCCCCCCCCCC(=O)O.NCCO. The number of aliphatic carboxylic acids is 2. The summed E-state index contributed by atoms with van der Waals surface area (Å²) in [5.74, 6) is -1.30. The van der Waals surface area contributed by atoms with Crippen molar-refractivity contribution < 1.29 is 24.9 Å². The van der Waals surface area contributed by atoms with Crippen LogP contribution in [0.3, 0.4) is 0 Å². The molecule has 6 heteroatoms. The highest BCUT2D eigenvalue weighted by Crippen LogP contribution is 2.17. The molecule has 0 atom stereocenters. The number of hydrogen-bond donors (Lipinski definition) is 4. The molecular formula is C50H103NO5. The summed E-state index contributed by atoms with van der Waals surface area (Å²) in [6, 6.07) is 0. The van der Waals surface area contributed by atoms with Crippen molar-refractivity contribution in [3.05, 3.63) is 0 Å². The first-order valence-corrected chi connectivity index (χ1v) is 25.2. The van der Waals surface area contributed by atoms with Crippen molar-refractivity contribution in [1.29, 1.82) is 0 Å². The van der Waals surface area contributed by atoms with E-state index in [0.29, 0.717) is 19.4 Å². The molecule has 5 N–H and O–H groups in total. The Labute approximate surface area is 351 Å². The molecule has 0 unspecified atom stereocenters. The Balaban J connectivity index is -0.000000914. The molecule has 56 heavy (non-hydrogen) atoms. The molecule has 0 spiro atoms. The summed E-state index contributed by atoms with van der Waals surface area (Å²) < 4.78 is 0. The molecule has 0 aromatic carbocycles. The van der Waals surface area contributed by atoms with E-state index in [4.69, 9.17) is 21.1 Å². The van der Waals surface area contributed by atoms with Crippen molar-refractivity contribution in [3.8, 4) is 0 Å². The number of aliphatic hydroxyl groups excluding tert-OH is 1. The Morgan fingerprint density at radius 3 is 0.536 bits per heavy atom. The van der Waals surface area contributed by atoms with E-state index in [1.165, 1.54) is 244 Å². The quantitative estimate of drug-likeness (QED) is 0.0455. The predicted molar refractivity (Wildman–Crippen MR) is 246 cm³/mol. The van der Waals surface area contributed by atoms with E-state index in [9.17, 15) is 9.59 Å². The minimum Gasteiger partial charge on any atom is -0.481 e. The second-order valence-corrected chi connectivity index (χ2v) is 16.9. The molecule has 0 aliphatic carbocycles. The van der Waals surface area contributed by atoms with Crippen LogP contribution in [-0.4, -0.2) is 40.4 Å². The molecular weight excluding hydrogens is 695 g/mol. The van der Waals surface area contributed by atoms with Gasteiger partial charge in [0, 0.05) is 19.4 Å². The molecule has 0 amide bonds. The molecule has 0 fully saturated rings. The van der Waals surface area contributed by atoms with Gasteiger partial charge < -0.3 is 21.1 Å². The van der Waals surface area contributed by atoms with Gasteiger partial charge in [-0.3, -0.25) is 9.59 Å². The summed E-state index contributed by atoms with van der Waals surface area (Å²) in [5.41, 5.74) is 4.78. The molecule has 0 aromatic heterocycles. The van der Waals surface area contributed by atoms with Crippen LogP contribution in [0.1, 0.15) is 296 Å². The van der Waals surface area contributed by atoms with Gasteiger partial charge in [-0.05, 0) is 12.8 Å². The molecule has 0 heterocycles. The number of carboxylic acids is 2. The average Bonchev–Trinajstić information content (AvgIpc) is 3.19. The second kappa shape index (κ2) is 58.2. The van der Waals surface area contributed by atoms with Crippen molar-refractivity contribution in [1.82, 2.24) is 0 Å². The van der Waals surface area contributed by atoms with Crippen molar-refractivity contribution in [2.45, 2.75) is 296 Å². The van der Waals surface area contributed by atoms with Gasteiger partial charge >= 0.3 is 11.9 Å². The van der Waals surface area contributed by atoms with E-state index < -0.39 is 11.9 Å². The Morgan fingerprint density at radius 1 is 0.304 bits per heavy atom. The Kier molecular flexibility index (Phi) is 61.5. The minimum atomic E-state index is -0.650. The van der Waals surface area contributed by atoms with Crippen molar-refractivity contribution >= 4 is 11.9 Å². The van der Waals surface area contributed by atoms with E-state index in [-0.39, 0.29) is 6.61 Å². The molecule has 0 saturated carbocycles. The molecule has 338 valence electrons. The number of carbonyl (C=O) groups is 2. The van der Waals surface area contributed by atoms with Crippen LogP contribution in [0.25, 0.3) is 0 Å². The number of unbranched alkanes of at least 4 members (excludes halogenated alkanes) is 40. The summed E-state index contributed by atoms with van der Waals surface area (Å²) in [5, 5.41) is 24.9. The van der Waals surface area contributed by atoms with Gasteiger partial charge in [-0.25, -0.2) is 0 Å². The monoisotopic (exact) mass is 798 g/mol. The summed E-state index contributed by atoms with van der Waals surface area (Å²) >= 11 is 0. The third-order valence-electron chi connectivity index (χ3n) is 11.1. The molecule has 6 nitrogen and oxygen atoms in total. The molecule has 0 rings (SSSR count). The van der Waals surface area contributed by atoms with Crippen LogP contribution >= 0.6 is 0 Å². The number of rotatable bonds is 45. The lowest BCUT2D eigenvalue weighted by Crippen LogP contribution is -2.02. The van der Waals surface area contributed by atoms with E-state index in [0.717, 1.165) is 25.7 Å². The van der Waals surface area contributed by atoms with Gasteiger partial charge in [-0.1, -0.05) is 271 Å². The van der Waals surface area contributed by atoms with Crippen molar-refractivity contribution in [3.63, 3.8) is 0 Å². The van der Waals surface area contributed by atoms with Gasteiger partial charge in [-0.15, -0.1) is 0 Å². The standard InChI is InChI=1S/2C24H48O2.C2H7NO/c2*1-2-3-4-5-6-7-8-9-10-11-12-13-14-15-16-17-18-19-20-21-22-23-24(25)26;3-1-2-4/h2*2-23H2,1H3,(H,25,26);4H,1-3H2. The number of hydrogen-bond acceptors (Lipinski definition) is 4. The molecule has 0 saturated heterocycles. The fourth-order valence-electron chi connectivity index (χ4n) is 7.42. The van der Waals surface area contributed by atoms with Crippen LogP contribution in [-0.2, 0) is 9.59 Å². The Morgan fingerprint density at radius 2 is 0.429 bits per heavy atom. The number of nitrogens with two attached hydrogens (primary N) is 1. The van der Waals surface area contributed by atoms with Crippen molar-refractivity contribution in [2.75, 3.05) is 13.2 Å². The Hall–Kier alpha value is -1.14. The van der Waals surface area contributed by atoms with Crippen molar-refractivity contribution in [2.24, 2.45) is 5.73 Å². The fourth-order valence-corrected chi connectivity index (χ4v) is 7.42. The zero-order chi connectivity index (χ0) is 41.7.